The summed E-state index contributed by atoms with van der Waals surface area (Å²) in [5, 5.41) is 3.47. The first-order valence-corrected chi connectivity index (χ1v) is 10.5. The van der Waals surface area contributed by atoms with Crippen LogP contribution in [0, 0.1) is 6.92 Å². The molecule has 2 aliphatic heterocycles. The molecule has 1 aromatic heterocycles. The van der Waals surface area contributed by atoms with E-state index in [9.17, 15) is 4.79 Å². The molecule has 0 saturated carbocycles. The Bertz CT molecular complexity index is 816. The molecule has 2 fully saturated rings. The van der Waals surface area contributed by atoms with E-state index in [1.54, 1.807) is 0 Å². The number of benzene rings is 1. The number of nitrogens with zero attached hydrogens (tertiary/aromatic N) is 3. The lowest BCUT2D eigenvalue weighted by Gasteiger charge is -2.26. The van der Waals surface area contributed by atoms with Gasteiger partial charge in [-0.3, -0.25) is 9.78 Å². The lowest BCUT2D eigenvalue weighted by Crippen LogP contribution is -2.35. The van der Waals surface area contributed by atoms with Crippen LogP contribution in [-0.4, -0.2) is 55.1 Å². The highest BCUT2D eigenvalue weighted by molar-refractivity contribution is 5.94. The lowest BCUT2D eigenvalue weighted by atomic mass is 9.90. The third-order valence-electron chi connectivity index (χ3n) is 6.02. The molecule has 148 valence electrons. The molecule has 1 unspecified atom stereocenters. The molecule has 0 radical (unpaired) electrons. The number of carbonyl (C=O) groups excluding carboxylic acids is 1. The molecule has 2 aromatic rings. The van der Waals surface area contributed by atoms with Gasteiger partial charge in [0.25, 0.3) is 5.91 Å². The summed E-state index contributed by atoms with van der Waals surface area (Å²) in [5.41, 5.74) is 4.55. The van der Waals surface area contributed by atoms with Gasteiger partial charge >= 0.3 is 0 Å². The zero-order valence-corrected chi connectivity index (χ0v) is 16.7. The maximum atomic E-state index is 13.2. The second-order valence-electron chi connectivity index (χ2n) is 7.96. The van der Waals surface area contributed by atoms with E-state index in [1.807, 2.05) is 29.4 Å². The first-order valence-electron chi connectivity index (χ1n) is 10.5. The average molecular weight is 379 g/mol. The summed E-state index contributed by atoms with van der Waals surface area (Å²) in [7, 11) is 0. The molecule has 1 aromatic carbocycles. The van der Waals surface area contributed by atoms with Gasteiger partial charge in [-0.05, 0) is 68.0 Å². The van der Waals surface area contributed by atoms with E-state index in [4.69, 9.17) is 0 Å². The van der Waals surface area contributed by atoms with Crippen molar-refractivity contribution in [3.8, 4) is 0 Å². The smallest absolute Gasteiger partial charge is 0.253 e. The highest BCUT2D eigenvalue weighted by atomic mass is 16.2. The fraction of sp³-hybridized carbons (Fsp3) is 0.478. The normalized spacial score (nSPS) is 20.7. The molecule has 1 N–H and O–H groups in total. The van der Waals surface area contributed by atoms with Gasteiger partial charge in [0.1, 0.15) is 0 Å². The molecule has 3 heterocycles. The molecular weight excluding hydrogens is 348 g/mol. The Morgan fingerprint density at radius 1 is 1.14 bits per heavy atom. The minimum Gasteiger partial charge on any atom is -0.369 e. The summed E-state index contributed by atoms with van der Waals surface area (Å²) in [6, 6.07) is 10.4. The van der Waals surface area contributed by atoms with Crippen LogP contribution in [0.5, 0.6) is 0 Å². The summed E-state index contributed by atoms with van der Waals surface area (Å²) in [6.07, 6.45) is 7.16. The molecule has 2 saturated heterocycles. The van der Waals surface area contributed by atoms with Gasteiger partial charge in [0.2, 0.25) is 0 Å². The van der Waals surface area contributed by atoms with Crippen LogP contribution in [0.1, 0.15) is 46.7 Å². The number of carbonyl (C=O) groups is 1. The van der Waals surface area contributed by atoms with Crippen LogP contribution >= 0.6 is 0 Å². The first kappa shape index (κ1) is 18.9. The SMILES string of the molecule is Cc1cnccc1N1CCCN(C(=O)c2cccc(C3CCCNC3)c2)CC1. The van der Waals surface area contributed by atoms with Crippen molar-refractivity contribution >= 4 is 11.6 Å². The topological polar surface area (TPSA) is 48.5 Å². The number of aromatic nitrogens is 1. The van der Waals surface area contributed by atoms with E-state index < -0.39 is 0 Å². The number of nitrogens with one attached hydrogen (secondary N) is 1. The second kappa shape index (κ2) is 8.74. The van der Waals surface area contributed by atoms with Gasteiger partial charge in [-0.2, -0.15) is 0 Å². The molecule has 28 heavy (non-hydrogen) atoms. The van der Waals surface area contributed by atoms with Crippen LogP contribution < -0.4 is 10.2 Å². The van der Waals surface area contributed by atoms with E-state index in [0.29, 0.717) is 5.92 Å². The number of hydrogen-bond acceptors (Lipinski definition) is 4. The van der Waals surface area contributed by atoms with Gasteiger partial charge < -0.3 is 15.1 Å². The largest absolute Gasteiger partial charge is 0.369 e. The maximum Gasteiger partial charge on any atom is 0.253 e. The summed E-state index contributed by atoms with van der Waals surface area (Å²) >= 11 is 0. The highest BCUT2D eigenvalue weighted by Gasteiger charge is 2.22. The molecule has 1 atom stereocenters. The number of aryl methyl sites for hydroxylation is 1. The van der Waals surface area contributed by atoms with Gasteiger partial charge in [-0.1, -0.05) is 12.1 Å². The number of amides is 1. The minimum absolute atomic E-state index is 0.166. The van der Waals surface area contributed by atoms with Crippen LogP contribution in [0.4, 0.5) is 5.69 Å². The first-order chi connectivity index (χ1) is 13.7. The predicted molar refractivity (Wildman–Crippen MR) is 113 cm³/mol. The Kier molecular flexibility index (Phi) is 5.91. The van der Waals surface area contributed by atoms with Crippen LogP contribution in [-0.2, 0) is 0 Å². The summed E-state index contributed by atoms with van der Waals surface area (Å²) in [5.74, 6) is 0.690. The van der Waals surface area contributed by atoms with Crippen molar-refractivity contribution < 1.29 is 4.79 Å². The molecule has 5 heteroatoms. The van der Waals surface area contributed by atoms with E-state index in [2.05, 4.69) is 40.3 Å². The van der Waals surface area contributed by atoms with Crippen LogP contribution in [0.3, 0.4) is 0 Å². The summed E-state index contributed by atoms with van der Waals surface area (Å²) in [4.78, 5) is 21.8. The molecule has 0 bridgehead atoms. The van der Waals surface area contributed by atoms with Gasteiger partial charge in [0.05, 0.1) is 0 Å². The number of piperidine rings is 1. The molecule has 0 spiro atoms. The van der Waals surface area contributed by atoms with Crippen molar-refractivity contribution in [2.24, 2.45) is 0 Å². The Hall–Kier alpha value is -2.40. The lowest BCUT2D eigenvalue weighted by molar-refractivity contribution is 0.0767. The molecule has 0 aliphatic carbocycles. The van der Waals surface area contributed by atoms with Crippen LogP contribution in [0.2, 0.25) is 0 Å². The monoisotopic (exact) mass is 378 g/mol. The van der Waals surface area contributed by atoms with E-state index in [0.717, 1.165) is 51.3 Å². The molecular formula is C23H30N4O. The Labute approximate surface area is 167 Å². The van der Waals surface area contributed by atoms with Crippen LogP contribution in [0.25, 0.3) is 0 Å². The fourth-order valence-electron chi connectivity index (χ4n) is 4.43. The molecule has 1 amide bonds. The van der Waals surface area contributed by atoms with Gasteiger partial charge in [-0.15, -0.1) is 0 Å². The van der Waals surface area contributed by atoms with E-state index >= 15 is 0 Å². The maximum absolute atomic E-state index is 13.2. The zero-order valence-electron chi connectivity index (χ0n) is 16.7. The molecule has 5 nitrogen and oxygen atoms in total. The van der Waals surface area contributed by atoms with Crippen molar-refractivity contribution in [3.05, 3.63) is 59.4 Å². The highest BCUT2D eigenvalue weighted by Crippen LogP contribution is 2.25. The Morgan fingerprint density at radius 3 is 2.89 bits per heavy atom. The second-order valence-corrected chi connectivity index (χ2v) is 7.96. The quantitative estimate of drug-likeness (QED) is 0.891. The van der Waals surface area contributed by atoms with Crippen molar-refractivity contribution in [2.45, 2.75) is 32.1 Å². The standard InChI is InChI=1S/C23H30N4O/c1-18-16-25-10-8-22(18)26-11-4-12-27(14-13-26)23(28)20-6-2-5-19(15-20)21-7-3-9-24-17-21/h2,5-6,8,10,15-16,21,24H,3-4,7,9,11-14,17H2,1H3. The average Bonchev–Trinajstić information content (AvgIpc) is 3.00. The third-order valence-corrected chi connectivity index (χ3v) is 6.02. The van der Waals surface area contributed by atoms with Gasteiger partial charge in [0, 0.05) is 56.4 Å². The van der Waals surface area contributed by atoms with Crippen molar-refractivity contribution in [1.29, 1.82) is 0 Å². The van der Waals surface area contributed by atoms with Crippen molar-refractivity contribution in [1.82, 2.24) is 15.2 Å². The predicted octanol–water partition coefficient (Wildman–Crippen LogP) is 3.21. The number of pyridine rings is 1. The Balaban J connectivity index is 1.44. The van der Waals surface area contributed by atoms with Gasteiger partial charge in [0.15, 0.2) is 0 Å². The number of hydrogen-bond donors (Lipinski definition) is 1. The number of rotatable bonds is 3. The summed E-state index contributed by atoms with van der Waals surface area (Å²) < 4.78 is 0. The van der Waals surface area contributed by atoms with Crippen molar-refractivity contribution in [3.63, 3.8) is 0 Å². The fourth-order valence-corrected chi connectivity index (χ4v) is 4.43. The minimum atomic E-state index is 0.166. The molecule has 2 aliphatic rings. The zero-order chi connectivity index (χ0) is 19.3. The third kappa shape index (κ3) is 4.20. The van der Waals surface area contributed by atoms with Crippen molar-refractivity contribution in [2.75, 3.05) is 44.2 Å². The van der Waals surface area contributed by atoms with Crippen LogP contribution in [0.15, 0.2) is 42.7 Å². The molecule has 4 rings (SSSR count). The number of anilines is 1. The van der Waals surface area contributed by atoms with Gasteiger partial charge in [-0.25, -0.2) is 0 Å². The van der Waals surface area contributed by atoms with E-state index in [-0.39, 0.29) is 5.91 Å². The summed E-state index contributed by atoms with van der Waals surface area (Å²) in [6.45, 7) is 7.63. The Morgan fingerprint density at radius 2 is 2.07 bits per heavy atom. The van der Waals surface area contributed by atoms with E-state index in [1.165, 1.54) is 29.7 Å².